The van der Waals surface area contributed by atoms with Crippen LogP contribution in [0, 0.1) is 6.92 Å². The fourth-order valence-corrected chi connectivity index (χ4v) is 3.02. The van der Waals surface area contributed by atoms with E-state index in [1.165, 1.54) is 0 Å². The van der Waals surface area contributed by atoms with Gasteiger partial charge in [0.25, 0.3) is 5.91 Å². The molecular formula is C22H27N3O3. The van der Waals surface area contributed by atoms with Gasteiger partial charge in [-0.15, -0.1) is 0 Å². The normalized spacial score (nSPS) is 12.1. The number of para-hydroxylation sites is 2. The summed E-state index contributed by atoms with van der Waals surface area (Å²) in [6, 6.07) is 15.5. The molecule has 148 valence electrons. The first-order chi connectivity index (χ1) is 13.6. The number of nitrogens with zero attached hydrogens (tertiary/aromatic N) is 2. The Balaban J connectivity index is 1.73. The van der Waals surface area contributed by atoms with Crippen molar-refractivity contribution in [3.05, 3.63) is 54.1 Å². The first-order valence-corrected chi connectivity index (χ1v) is 9.65. The summed E-state index contributed by atoms with van der Waals surface area (Å²) in [6.07, 6.45) is 0.199. The molecule has 1 aromatic heterocycles. The maximum absolute atomic E-state index is 12.7. The van der Waals surface area contributed by atoms with Gasteiger partial charge >= 0.3 is 0 Å². The van der Waals surface area contributed by atoms with Gasteiger partial charge in [0.1, 0.15) is 5.75 Å². The quantitative estimate of drug-likeness (QED) is 0.565. The number of imidazole rings is 1. The van der Waals surface area contributed by atoms with Crippen molar-refractivity contribution in [2.24, 2.45) is 0 Å². The van der Waals surface area contributed by atoms with Crippen molar-refractivity contribution in [1.82, 2.24) is 9.55 Å². The van der Waals surface area contributed by atoms with Crippen molar-refractivity contribution in [2.75, 3.05) is 18.5 Å². The molecule has 0 aliphatic carbocycles. The van der Waals surface area contributed by atoms with E-state index in [2.05, 4.69) is 10.3 Å². The van der Waals surface area contributed by atoms with Crippen LogP contribution in [-0.4, -0.2) is 34.8 Å². The van der Waals surface area contributed by atoms with Gasteiger partial charge in [-0.2, -0.15) is 0 Å². The third-order valence-electron chi connectivity index (χ3n) is 4.44. The Bertz CT molecular complexity index is 936. The van der Waals surface area contributed by atoms with Crippen LogP contribution in [0.5, 0.6) is 5.75 Å². The predicted molar refractivity (Wildman–Crippen MR) is 111 cm³/mol. The molecule has 1 amide bonds. The Morgan fingerprint density at radius 1 is 1.21 bits per heavy atom. The van der Waals surface area contributed by atoms with E-state index in [9.17, 15) is 4.79 Å². The Morgan fingerprint density at radius 3 is 2.82 bits per heavy atom. The summed E-state index contributed by atoms with van der Waals surface area (Å²) in [5.74, 6) is 0.970. The first-order valence-electron chi connectivity index (χ1n) is 9.65. The zero-order valence-electron chi connectivity index (χ0n) is 16.6. The summed E-state index contributed by atoms with van der Waals surface area (Å²) in [6.45, 7) is 7.78. The van der Waals surface area contributed by atoms with Crippen LogP contribution in [0.25, 0.3) is 11.0 Å². The third-order valence-corrected chi connectivity index (χ3v) is 4.44. The number of benzene rings is 2. The molecule has 6 heteroatoms. The second-order valence-electron chi connectivity index (χ2n) is 6.69. The lowest BCUT2D eigenvalue weighted by Crippen LogP contribution is -2.31. The minimum Gasteiger partial charge on any atom is -0.481 e. The van der Waals surface area contributed by atoms with Crippen LogP contribution in [0.1, 0.15) is 25.8 Å². The molecular weight excluding hydrogens is 354 g/mol. The number of ether oxygens (including phenoxy) is 2. The minimum atomic E-state index is -0.640. The number of carbonyl (C=O) groups excluding carboxylic acids is 1. The number of hydrogen-bond donors (Lipinski definition) is 1. The second-order valence-corrected chi connectivity index (χ2v) is 6.69. The molecule has 2 aromatic carbocycles. The van der Waals surface area contributed by atoms with E-state index < -0.39 is 6.10 Å². The summed E-state index contributed by atoms with van der Waals surface area (Å²) in [7, 11) is 0. The van der Waals surface area contributed by atoms with E-state index in [1.54, 1.807) is 6.92 Å². The number of aryl methyl sites for hydroxylation is 2. The lowest BCUT2D eigenvalue weighted by Gasteiger charge is -2.16. The van der Waals surface area contributed by atoms with Gasteiger partial charge in [0, 0.05) is 19.8 Å². The van der Waals surface area contributed by atoms with Crippen molar-refractivity contribution >= 4 is 22.9 Å². The average molecular weight is 381 g/mol. The number of rotatable bonds is 9. The fourth-order valence-electron chi connectivity index (χ4n) is 3.02. The van der Waals surface area contributed by atoms with Crippen molar-refractivity contribution < 1.29 is 14.3 Å². The number of anilines is 1. The molecule has 0 spiro atoms. The molecule has 1 unspecified atom stereocenters. The monoisotopic (exact) mass is 381 g/mol. The Hall–Kier alpha value is -2.86. The van der Waals surface area contributed by atoms with E-state index in [1.807, 2.05) is 66.9 Å². The first kappa shape index (κ1) is 19.9. The summed E-state index contributed by atoms with van der Waals surface area (Å²) in [5, 5.41) is 2.92. The molecule has 6 nitrogen and oxygen atoms in total. The molecule has 1 atom stereocenters. The van der Waals surface area contributed by atoms with Crippen LogP contribution in [-0.2, 0) is 16.1 Å². The van der Waals surface area contributed by atoms with E-state index in [0.29, 0.717) is 31.5 Å². The molecule has 1 N–H and O–H groups in total. The van der Waals surface area contributed by atoms with E-state index in [4.69, 9.17) is 9.47 Å². The Morgan fingerprint density at radius 2 is 2.04 bits per heavy atom. The molecule has 0 fully saturated rings. The third kappa shape index (κ3) is 4.89. The maximum atomic E-state index is 12.7. The highest BCUT2D eigenvalue weighted by Gasteiger charge is 2.19. The number of nitrogens with one attached hydrogen (secondary N) is 1. The lowest BCUT2D eigenvalue weighted by atomic mass is 10.2. The van der Waals surface area contributed by atoms with Gasteiger partial charge in [0.15, 0.2) is 6.10 Å². The number of fused-ring (bicyclic) bond motifs is 1. The molecule has 0 aliphatic rings. The predicted octanol–water partition coefficient (Wildman–Crippen LogP) is 4.18. The van der Waals surface area contributed by atoms with Gasteiger partial charge in [-0.1, -0.05) is 24.3 Å². The number of amides is 1. The Labute approximate surface area is 165 Å². The number of hydrogen-bond acceptors (Lipinski definition) is 4. The fraction of sp³-hybridized carbons (Fsp3) is 0.364. The van der Waals surface area contributed by atoms with Crippen molar-refractivity contribution in [3.63, 3.8) is 0 Å². The Kier molecular flexibility index (Phi) is 6.66. The standard InChI is InChI=1S/C22H27N3O3/c1-4-27-14-8-13-25-20-12-6-5-11-19(20)23-22(25)24-21(26)17(3)28-18-10-7-9-16(2)15-18/h5-7,9-12,15,17H,4,8,13-14H2,1-3H3,(H,23,24,26). The highest BCUT2D eigenvalue weighted by Crippen LogP contribution is 2.21. The SMILES string of the molecule is CCOCCCn1c(NC(=O)C(C)Oc2cccc(C)c2)nc2ccccc21. The largest absolute Gasteiger partial charge is 0.481 e. The zero-order chi connectivity index (χ0) is 19.9. The highest BCUT2D eigenvalue weighted by molar-refractivity contribution is 5.94. The van der Waals surface area contributed by atoms with E-state index in [-0.39, 0.29) is 5.91 Å². The molecule has 3 rings (SSSR count). The van der Waals surface area contributed by atoms with Crippen molar-refractivity contribution in [3.8, 4) is 5.75 Å². The second kappa shape index (κ2) is 9.37. The molecule has 28 heavy (non-hydrogen) atoms. The summed E-state index contributed by atoms with van der Waals surface area (Å²) >= 11 is 0. The number of aromatic nitrogens is 2. The van der Waals surface area contributed by atoms with Crippen LogP contribution < -0.4 is 10.1 Å². The molecule has 0 aliphatic heterocycles. The zero-order valence-corrected chi connectivity index (χ0v) is 16.6. The summed E-state index contributed by atoms with van der Waals surface area (Å²) in [4.78, 5) is 17.3. The smallest absolute Gasteiger partial charge is 0.267 e. The van der Waals surface area contributed by atoms with E-state index in [0.717, 1.165) is 23.0 Å². The van der Waals surface area contributed by atoms with Gasteiger partial charge in [0.2, 0.25) is 5.95 Å². The van der Waals surface area contributed by atoms with Gasteiger partial charge in [-0.25, -0.2) is 4.98 Å². The molecule has 0 saturated heterocycles. The topological polar surface area (TPSA) is 65.4 Å². The highest BCUT2D eigenvalue weighted by atomic mass is 16.5. The van der Waals surface area contributed by atoms with Crippen LogP contribution in [0.3, 0.4) is 0 Å². The summed E-state index contributed by atoms with van der Waals surface area (Å²) in [5.41, 5.74) is 2.92. The van der Waals surface area contributed by atoms with Crippen LogP contribution in [0.2, 0.25) is 0 Å². The summed E-state index contributed by atoms with van der Waals surface area (Å²) < 4.78 is 13.2. The van der Waals surface area contributed by atoms with Crippen LogP contribution in [0.4, 0.5) is 5.95 Å². The molecule has 0 radical (unpaired) electrons. The maximum Gasteiger partial charge on any atom is 0.267 e. The van der Waals surface area contributed by atoms with Gasteiger partial charge < -0.3 is 14.0 Å². The van der Waals surface area contributed by atoms with E-state index >= 15 is 0 Å². The molecule has 0 saturated carbocycles. The number of carbonyl (C=O) groups is 1. The van der Waals surface area contributed by atoms with Crippen LogP contribution >= 0.6 is 0 Å². The molecule has 1 heterocycles. The van der Waals surface area contributed by atoms with Gasteiger partial charge in [0.05, 0.1) is 11.0 Å². The van der Waals surface area contributed by atoms with Crippen molar-refractivity contribution in [2.45, 2.75) is 39.8 Å². The lowest BCUT2D eigenvalue weighted by molar-refractivity contribution is -0.122. The van der Waals surface area contributed by atoms with Gasteiger partial charge in [-0.05, 0) is 57.0 Å². The van der Waals surface area contributed by atoms with Crippen molar-refractivity contribution in [1.29, 1.82) is 0 Å². The average Bonchev–Trinajstić information content (AvgIpc) is 3.02. The van der Waals surface area contributed by atoms with Gasteiger partial charge in [-0.3, -0.25) is 10.1 Å². The van der Waals surface area contributed by atoms with Crippen LogP contribution in [0.15, 0.2) is 48.5 Å². The molecule has 0 bridgehead atoms. The molecule has 3 aromatic rings. The minimum absolute atomic E-state index is 0.233.